The second kappa shape index (κ2) is 5.43. The molecule has 16 heavy (non-hydrogen) atoms. The smallest absolute Gasteiger partial charge is 0.193 e. The van der Waals surface area contributed by atoms with Gasteiger partial charge in [-0.2, -0.15) is 0 Å². The molecular weight excluding hydrogens is 222 g/mol. The van der Waals surface area contributed by atoms with E-state index in [1.54, 1.807) is 11.3 Å². The van der Waals surface area contributed by atoms with Crippen LogP contribution in [0.15, 0.2) is 17.8 Å². The van der Waals surface area contributed by atoms with Gasteiger partial charge in [-0.1, -0.05) is 0 Å². The van der Waals surface area contributed by atoms with Crippen molar-refractivity contribution in [2.24, 2.45) is 0 Å². The maximum atomic E-state index is 5.44. The molecule has 2 rings (SSSR count). The van der Waals surface area contributed by atoms with E-state index < -0.39 is 0 Å². The number of imidazole rings is 1. The normalized spacial score (nSPS) is 13.4. The van der Waals surface area contributed by atoms with Gasteiger partial charge in [0, 0.05) is 37.5 Å². The second-order valence-corrected chi connectivity index (χ2v) is 4.59. The Hall–Kier alpha value is -0.910. The predicted octanol–water partition coefficient (Wildman–Crippen LogP) is 1.91. The molecule has 0 aliphatic carbocycles. The number of nitrogens with one attached hydrogen (secondary N) is 1. The Morgan fingerprint density at radius 2 is 2.50 bits per heavy atom. The van der Waals surface area contributed by atoms with Crippen molar-refractivity contribution in [1.29, 1.82) is 0 Å². The van der Waals surface area contributed by atoms with Crippen LogP contribution in [-0.2, 0) is 11.3 Å². The lowest BCUT2D eigenvalue weighted by atomic mass is 10.4. The highest BCUT2D eigenvalue weighted by Gasteiger charge is 2.03. The third-order valence-electron chi connectivity index (χ3n) is 2.33. The summed E-state index contributed by atoms with van der Waals surface area (Å²) in [6.07, 6.45) is 4.34. The average Bonchev–Trinajstić information content (AvgIpc) is 2.78. The summed E-state index contributed by atoms with van der Waals surface area (Å²) in [7, 11) is 0. The van der Waals surface area contributed by atoms with Crippen molar-refractivity contribution in [3.05, 3.63) is 23.5 Å². The van der Waals surface area contributed by atoms with Crippen molar-refractivity contribution in [1.82, 2.24) is 14.7 Å². The Kier molecular flexibility index (Phi) is 3.93. The minimum Gasteiger partial charge on any atom is -0.377 e. The fourth-order valence-corrected chi connectivity index (χ4v) is 2.33. The van der Waals surface area contributed by atoms with Gasteiger partial charge in [-0.3, -0.25) is 4.40 Å². The van der Waals surface area contributed by atoms with Crippen molar-refractivity contribution >= 4 is 16.3 Å². The zero-order valence-corrected chi connectivity index (χ0v) is 10.5. The Balaban J connectivity index is 1.80. The van der Waals surface area contributed by atoms with Crippen LogP contribution in [0, 0.1) is 0 Å². The summed E-state index contributed by atoms with van der Waals surface area (Å²) in [5, 5.41) is 5.38. The highest BCUT2D eigenvalue weighted by Crippen LogP contribution is 2.10. The van der Waals surface area contributed by atoms with Crippen molar-refractivity contribution in [3.8, 4) is 0 Å². The molecule has 1 unspecified atom stereocenters. The van der Waals surface area contributed by atoms with Gasteiger partial charge in [0.05, 0.1) is 11.8 Å². The quantitative estimate of drug-likeness (QED) is 0.837. The minimum absolute atomic E-state index is 0.258. The van der Waals surface area contributed by atoms with E-state index in [2.05, 4.69) is 23.4 Å². The summed E-state index contributed by atoms with van der Waals surface area (Å²) in [6.45, 7) is 6.51. The maximum Gasteiger partial charge on any atom is 0.193 e. The van der Waals surface area contributed by atoms with Gasteiger partial charge in [-0.05, 0) is 13.8 Å². The first-order valence-corrected chi connectivity index (χ1v) is 6.41. The van der Waals surface area contributed by atoms with Gasteiger partial charge in [0.2, 0.25) is 0 Å². The van der Waals surface area contributed by atoms with E-state index in [0.29, 0.717) is 0 Å². The van der Waals surface area contributed by atoms with E-state index in [-0.39, 0.29) is 6.10 Å². The third-order valence-corrected chi connectivity index (χ3v) is 3.10. The molecule has 2 aromatic heterocycles. The molecule has 0 aromatic carbocycles. The molecule has 1 atom stereocenters. The highest BCUT2D eigenvalue weighted by molar-refractivity contribution is 7.15. The maximum absolute atomic E-state index is 5.44. The van der Waals surface area contributed by atoms with E-state index in [1.165, 1.54) is 0 Å². The van der Waals surface area contributed by atoms with Gasteiger partial charge in [-0.25, -0.2) is 4.98 Å². The van der Waals surface area contributed by atoms with E-state index in [4.69, 9.17) is 4.74 Å². The highest BCUT2D eigenvalue weighted by atomic mass is 32.1. The van der Waals surface area contributed by atoms with Crippen molar-refractivity contribution in [2.45, 2.75) is 26.5 Å². The summed E-state index contributed by atoms with van der Waals surface area (Å²) in [5.41, 5.74) is 1.08. The first kappa shape index (κ1) is 11.6. The fourth-order valence-electron chi connectivity index (χ4n) is 1.61. The fraction of sp³-hybridized carbons (Fsp3) is 0.545. The summed E-state index contributed by atoms with van der Waals surface area (Å²) in [4.78, 5) is 5.54. The molecule has 0 fully saturated rings. The molecule has 0 aliphatic rings. The lowest BCUT2D eigenvalue weighted by Crippen LogP contribution is -2.26. The molecule has 0 saturated carbocycles. The molecule has 1 N–H and O–H groups in total. The van der Waals surface area contributed by atoms with Crippen LogP contribution in [0.3, 0.4) is 0 Å². The third kappa shape index (κ3) is 2.81. The zero-order chi connectivity index (χ0) is 11.4. The average molecular weight is 239 g/mol. The molecule has 0 radical (unpaired) electrons. The van der Waals surface area contributed by atoms with E-state index in [9.17, 15) is 0 Å². The molecule has 0 spiro atoms. The van der Waals surface area contributed by atoms with Crippen molar-refractivity contribution < 1.29 is 4.74 Å². The first-order chi connectivity index (χ1) is 7.79. The lowest BCUT2D eigenvalue weighted by Gasteiger charge is -2.11. The molecular formula is C11H17N3OS. The second-order valence-electron chi connectivity index (χ2n) is 3.72. The standard InChI is InChI=1S/C11H17N3OS/c1-3-15-9(2)6-12-7-10-8-14-4-5-16-11(14)13-10/h4-5,8-9,12H,3,6-7H2,1-2H3. The number of hydrogen-bond acceptors (Lipinski definition) is 4. The Morgan fingerprint density at radius 1 is 1.62 bits per heavy atom. The van der Waals surface area contributed by atoms with Crippen LogP contribution in [-0.4, -0.2) is 28.6 Å². The van der Waals surface area contributed by atoms with Gasteiger partial charge in [0.15, 0.2) is 4.96 Å². The predicted molar refractivity (Wildman–Crippen MR) is 65.9 cm³/mol. The molecule has 2 aromatic rings. The van der Waals surface area contributed by atoms with Crippen LogP contribution >= 0.6 is 11.3 Å². The summed E-state index contributed by atoms with van der Waals surface area (Å²) < 4.78 is 7.49. The number of rotatable bonds is 6. The van der Waals surface area contributed by atoms with Crippen LogP contribution in [0.2, 0.25) is 0 Å². The SMILES string of the molecule is CCOC(C)CNCc1cn2ccsc2n1. The molecule has 0 aliphatic heterocycles. The molecule has 0 saturated heterocycles. The zero-order valence-electron chi connectivity index (χ0n) is 9.64. The number of ether oxygens (including phenoxy) is 1. The van der Waals surface area contributed by atoms with Gasteiger partial charge < -0.3 is 10.1 Å². The van der Waals surface area contributed by atoms with Gasteiger partial charge >= 0.3 is 0 Å². The minimum atomic E-state index is 0.258. The number of aromatic nitrogens is 2. The number of thiazole rings is 1. The van der Waals surface area contributed by atoms with Crippen LogP contribution < -0.4 is 5.32 Å². The largest absolute Gasteiger partial charge is 0.377 e. The summed E-state index contributed by atoms with van der Waals surface area (Å²) >= 11 is 1.66. The molecule has 0 bridgehead atoms. The monoisotopic (exact) mass is 239 g/mol. The van der Waals surface area contributed by atoms with Crippen molar-refractivity contribution in [3.63, 3.8) is 0 Å². The van der Waals surface area contributed by atoms with Crippen LogP contribution in [0.25, 0.3) is 4.96 Å². The topological polar surface area (TPSA) is 38.6 Å². The molecule has 2 heterocycles. The van der Waals surface area contributed by atoms with E-state index in [0.717, 1.165) is 30.4 Å². The van der Waals surface area contributed by atoms with E-state index in [1.807, 2.05) is 22.9 Å². The van der Waals surface area contributed by atoms with E-state index >= 15 is 0 Å². The lowest BCUT2D eigenvalue weighted by molar-refractivity contribution is 0.0759. The Morgan fingerprint density at radius 3 is 3.25 bits per heavy atom. The molecule has 5 heteroatoms. The summed E-state index contributed by atoms with van der Waals surface area (Å²) in [6, 6.07) is 0. The van der Waals surface area contributed by atoms with Gasteiger partial charge in [0.1, 0.15) is 0 Å². The Labute approximate surface area is 99.3 Å². The first-order valence-electron chi connectivity index (χ1n) is 5.53. The molecule has 4 nitrogen and oxygen atoms in total. The number of fused-ring (bicyclic) bond motifs is 1. The molecule has 0 amide bonds. The van der Waals surface area contributed by atoms with Gasteiger partial charge in [0.25, 0.3) is 0 Å². The number of hydrogen-bond donors (Lipinski definition) is 1. The molecule has 88 valence electrons. The van der Waals surface area contributed by atoms with Crippen LogP contribution in [0.5, 0.6) is 0 Å². The number of nitrogens with zero attached hydrogens (tertiary/aromatic N) is 2. The van der Waals surface area contributed by atoms with Crippen molar-refractivity contribution in [2.75, 3.05) is 13.2 Å². The Bertz CT molecular complexity index is 409. The van der Waals surface area contributed by atoms with Gasteiger partial charge in [-0.15, -0.1) is 11.3 Å². The summed E-state index contributed by atoms with van der Waals surface area (Å²) in [5.74, 6) is 0. The van der Waals surface area contributed by atoms with Crippen LogP contribution in [0.4, 0.5) is 0 Å². The van der Waals surface area contributed by atoms with Crippen LogP contribution in [0.1, 0.15) is 19.5 Å².